The molecule has 0 N–H and O–H groups in total. The van der Waals surface area contributed by atoms with Crippen LogP contribution in [0.4, 0.5) is 0 Å². The Balaban J connectivity index is 1.60. The molecule has 3 rings (SSSR count). The van der Waals surface area contributed by atoms with Crippen LogP contribution in [-0.4, -0.2) is 59.5 Å². The minimum Gasteiger partial charge on any atom is -0.368 e. The van der Waals surface area contributed by atoms with Crippen LogP contribution in [0.25, 0.3) is 0 Å². The molecule has 0 spiro atoms. The molecule has 1 aliphatic heterocycles. The first-order valence-electron chi connectivity index (χ1n) is 8.56. The molecule has 1 amide bonds. The maximum atomic E-state index is 12.7. The van der Waals surface area contributed by atoms with Crippen molar-refractivity contribution in [3.8, 4) is 6.07 Å². The van der Waals surface area contributed by atoms with E-state index in [2.05, 4.69) is 16.0 Å². The van der Waals surface area contributed by atoms with Gasteiger partial charge in [-0.05, 0) is 12.8 Å². The van der Waals surface area contributed by atoms with Crippen molar-refractivity contribution < 1.29 is 9.53 Å². The molecule has 0 bridgehead atoms. The molecule has 2 heterocycles. The van der Waals surface area contributed by atoms with Gasteiger partial charge in [-0.1, -0.05) is 19.3 Å². The number of rotatable bonds is 4. The lowest BCUT2D eigenvalue weighted by Gasteiger charge is -2.40. The smallest absolute Gasteiger partial charge is 0.237 e. The van der Waals surface area contributed by atoms with Gasteiger partial charge in [0.2, 0.25) is 5.91 Å². The molecule has 7 heteroatoms. The molecule has 1 unspecified atom stereocenters. The van der Waals surface area contributed by atoms with E-state index in [0.717, 1.165) is 43.7 Å². The number of nitrogens with zero attached hydrogens (tertiary/aromatic N) is 4. The molecule has 1 atom stereocenters. The fraction of sp³-hybridized carbons (Fsp3) is 0.706. The number of hydrogen-bond acceptors (Lipinski definition) is 6. The van der Waals surface area contributed by atoms with Crippen molar-refractivity contribution in [1.29, 1.82) is 5.26 Å². The van der Waals surface area contributed by atoms with Crippen LogP contribution in [0.3, 0.4) is 0 Å². The van der Waals surface area contributed by atoms with E-state index in [-0.39, 0.29) is 12.0 Å². The molecule has 2 fully saturated rings. The summed E-state index contributed by atoms with van der Waals surface area (Å²) < 4.78 is 5.78. The lowest BCUT2D eigenvalue weighted by molar-refractivity contribution is -0.138. The Morgan fingerprint density at radius 3 is 3.00 bits per heavy atom. The van der Waals surface area contributed by atoms with Crippen molar-refractivity contribution in [3.63, 3.8) is 0 Å². The Labute approximate surface area is 147 Å². The number of aromatic nitrogens is 1. The highest BCUT2D eigenvalue weighted by molar-refractivity contribution is 7.09. The van der Waals surface area contributed by atoms with Gasteiger partial charge in [0.25, 0.3) is 0 Å². The van der Waals surface area contributed by atoms with E-state index in [0.29, 0.717) is 19.7 Å². The van der Waals surface area contributed by atoms with E-state index >= 15 is 0 Å². The van der Waals surface area contributed by atoms with Crippen LogP contribution < -0.4 is 0 Å². The molecule has 24 heavy (non-hydrogen) atoms. The lowest BCUT2D eigenvalue weighted by atomic mass is 9.81. The van der Waals surface area contributed by atoms with Crippen LogP contribution in [0.5, 0.6) is 0 Å². The van der Waals surface area contributed by atoms with Crippen molar-refractivity contribution in [3.05, 3.63) is 16.6 Å². The Bertz CT molecular complexity index is 592. The third kappa shape index (κ3) is 3.61. The SMILES string of the molecule is CN(C(=O)CN1CCOC(c2nccs2)C1)C1(C#N)CCCCC1. The maximum absolute atomic E-state index is 12.7. The zero-order chi connectivity index (χ0) is 17.0. The number of amides is 1. The lowest BCUT2D eigenvalue weighted by Crippen LogP contribution is -2.53. The molecular weight excluding hydrogens is 324 g/mol. The topological polar surface area (TPSA) is 69.5 Å². The van der Waals surface area contributed by atoms with E-state index in [9.17, 15) is 10.1 Å². The Hall–Kier alpha value is -1.49. The van der Waals surface area contributed by atoms with Gasteiger partial charge in [0.15, 0.2) is 0 Å². The van der Waals surface area contributed by atoms with Gasteiger partial charge >= 0.3 is 0 Å². The molecule has 1 aromatic rings. The first-order valence-corrected chi connectivity index (χ1v) is 9.44. The molecule has 6 nitrogen and oxygen atoms in total. The summed E-state index contributed by atoms with van der Waals surface area (Å²) in [4.78, 5) is 20.9. The predicted octanol–water partition coefficient (Wildman–Crippen LogP) is 2.20. The van der Waals surface area contributed by atoms with Crippen LogP contribution >= 0.6 is 11.3 Å². The summed E-state index contributed by atoms with van der Waals surface area (Å²) in [5, 5.41) is 12.5. The van der Waals surface area contributed by atoms with Gasteiger partial charge in [0.05, 0.1) is 19.2 Å². The second-order valence-corrected chi connectivity index (χ2v) is 7.55. The van der Waals surface area contributed by atoms with Crippen LogP contribution in [0, 0.1) is 11.3 Å². The first kappa shape index (κ1) is 17.3. The van der Waals surface area contributed by atoms with Crippen molar-refractivity contribution in [1.82, 2.24) is 14.8 Å². The summed E-state index contributed by atoms with van der Waals surface area (Å²) in [6.07, 6.45) is 6.50. The average molecular weight is 348 g/mol. The van der Waals surface area contributed by atoms with Crippen molar-refractivity contribution in [2.24, 2.45) is 0 Å². The summed E-state index contributed by atoms with van der Waals surface area (Å²) in [6, 6.07) is 2.42. The quantitative estimate of drug-likeness (QED) is 0.834. The molecule has 1 aliphatic carbocycles. The van der Waals surface area contributed by atoms with Gasteiger partial charge in [-0.2, -0.15) is 5.26 Å². The normalized spacial score (nSPS) is 24.2. The molecule has 1 aromatic heterocycles. The maximum Gasteiger partial charge on any atom is 0.237 e. The highest BCUT2D eigenvalue weighted by Crippen LogP contribution is 2.32. The number of ether oxygens (including phenoxy) is 1. The number of nitriles is 1. The Kier molecular flexibility index (Phi) is 5.49. The third-order valence-electron chi connectivity index (χ3n) is 5.14. The van der Waals surface area contributed by atoms with E-state index in [1.807, 2.05) is 5.38 Å². The summed E-state index contributed by atoms with van der Waals surface area (Å²) in [6.45, 7) is 2.35. The van der Waals surface area contributed by atoms with E-state index in [1.54, 1.807) is 29.5 Å². The third-order valence-corrected chi connectivity index (χ3v) is 6.01. The first-order chi connectivity index (χ1) is 11.6. The number of carbonyl (C=O) groups is 1. The molecule has 1 saturated heterocycles. The molecular formula is C17H24N4O2S. The minimum atomic E-state index is -0.615. The van der Waals surface area contributed by atoms with E-state index in [4.69, 9.17) is 4.74 Å². The van der Waals surface area contributed by atoms with Gasteiger partial charge in [0.1, 0.15) is 16.7 Å². The fourth-order valence-electron chi connectivity index (χ4n) is 3.58. The van der Waals surface area contributed by atoms with Gasteiger partial charge in [-0.15, -0.1) is 11.3 Å². The molecule has 130 valence electrons. The Morgan fingerprint density at radius 2 is 2.33 bits per heavy atom. The van der Waals surface area contributed by atoms with Gasteiger partial charge in [-0.25, -0.2) is 4.98 Å². The van der Waals surface area contributed by atoms with E-state index < -0.39 is 5.54 Å². The highest BCUT2D eigenvalue weighted by atomic mass is 32.1. The van der Waals surface area contributed by atoms with Crippen LogP contribution in [0.15, 0.2) is 11.6 Å². The standard InChI is InChI=1S/C17H24N4O2S/c1-20(17(13-18)5-3-2-4-6-17)15(22)12-21-8-9-23-14(11-21)16-19-7-10-24-16/h7,10,14H,2-6,8-9,11-12H2,1H3. The second kappa shape index (κ2) is 7.60. The van der Waals surface area contributed by atoms with Crippen LogP contribution in [0.1, 0.15) is 43.2 Å². The summed E-state index contributed by atoms with van der Waals surface area (Å²) >= 11 is 1.58. The largest absolute Gasteiger partial charge is 0.368 e. The van der Waals surface area contributed by atoms with Crippen molar-refractivity contribution >= 4 is 17.2 Å². The molecule has 1 saturated carbocycles. The highest BCUT2D eigenvalue weighted by Gasteiger charge is 2.39. The minimum absolute atomic E-state index is 0.0261. The summed E-state index contributed by atoms with van der Waals surface area (Å²) in [5.41, 5.74) is -0.615. The van der Waals surface area contributed by atoms with Crippen molar-refractivity contribution in [2.45, 2.75) is 43.7 Å². The Morgan fingerprint density at radius 1 is 1.54 bits per heavy atom. The molecule has 0 aromatic carbocycles. The monoisotopic (exact) mass is 348 g/mol. The zero-order valence-corrected chi connectivity index (χ0v) is 14.9. The predicted molar refractivity (Wildman–Crippen MR) is 91.4 cm³/mol. The van der Waals surface area contributed by atoms with Crippen LogP contribution in [-0.2, 0) is 9.53 Å². The van der Waals surface area contributed by atoms with Gasteiger partial charge in [0, 0.05) is 31.7 Å². The number of carbonyl (C=O) groups excluding carboxylic acids is 1. The summed E-state index contributed by atoms with van der Waals surface area (Å²) in [7, 11) is 1.79. The average Bonchev–Trinajstić information content (AvgIpc) is 3.16. The van der Waals surface area contributed by atoms with Crippen molar-refractivity contribution in [2.75, 3.05) is 33.3 Å². The zero-order valence-electron chi connectivity index (χ0n) is 14.1. The molecule has 2 aliphatic rings. The number of likely N-dealkylation sites (N-methyl/N-ethyl adjacent to an activating group) is 1. The van der Waals surface area contributed by atoms with Gasteiger partial charge in [-0.3, -0.25) is 9.69 Å². The number of thiazole rings is 1. The number of morpholine rings is 1. The van der Waals surface area contributed by atoms with Gasteiger partial charge < -0.3 is 9.64 Å². The fourth-order valence-corrected chi connectivity index (χ4v) is 4.26. The summed E-state index contributed by atoms with van der Waals surface area (Å²) in [5.74, 6) is 0.0261. The van der Waals surface area contributed by atoms with Crippen LogP contribution in [0.2, 0.25) is 0 Å². The second-order valence-electron chi connectivity index (χ2n) is 6.62. The number of hydrogen-bond donors (Lipinski definition) is 0. The molecule has 0 radical (unpaired) electrons. The van der Waals surface area contributed by atoms with E-state index in [1.165, 1.54) is 0 Å².